The first kappa shape index (κ1) is 22.2. The van der Waals surface area contributed by atoms with E-state index in [1.54, 1.807) is 0 Å². The van der Waals surface area contributed by atoms with Crippen molar-refractivity contribution < 1.29 is 41.0 Å². The standard InChI is InChI=1S/C15H15F3N4O6S/c1-27-10-7-11(28-2)20-13(19-10)21-14(24)22-29(25,26)9-6-4-3-5-8(9)12(23)15(16,17)18/h3-7,12,23H,1-2H3,(H2,19,20,21,22,24). The number of rotatable bonds is 6. The van der Waals surface area contributed by atoms with E-state index in [1.807, 2.05) is 5.32 Å². The minimum absolute atomic E-state index is 0.00588. The lowest BCUT2D eigenvalue weighted by Gasteiger charge is -2.18. The number of alkyl halides is 3. The van der Waals surface area contributed by atoms with E-state index < -0.39 is 44.7 Å². The molecule has 0 saturated heterocycles. The molecular formula is C15H15F3N4O6S. The third-order valence-electron chi connectivity index (χ3n) is 3.36. The highest BCUT2D eigenvalue weighted by molar-refractivity contribution is 7.90. The molecule has 1 aromatic heterocycles. The lowest BCUT2D eigenvalue weighted by molar-refractivity contribution is -0.207. The molecule has 10 nitrogen and oxygen atoms in total. The van der Waals surface area contributed by atoms with Crippen LogP contribution < -0.4 is 19.5 Å². The number of nitrogens with zero attached hydrogens (tertiary/aromatic N) is 2. The number of anilines is 1. The number of ether oxygens (including phenoxy) is 2. The van der Waals surface area contributed by atoms with Crippen molar-refractivity contribution in [2.24, 2.45) is 0 Å². The number of carbonyl (C=O) groups is 1. The summed E-state index contributed by atoms with van der Waals surface area (Å²) in [5.41, 5.74) is -0.945. The molecule has 2 amide bonds. The molecule has 0 fully saturated rings. The number of hydrogen-bond donors (Lipinski definition) is 3. The molecule has 0 aliphatic heterocycles. The first-order chi connectivity index (χ1) is 13.5. The van der Waals surface area contributed by atoms with Gasteiger partial charge in [0.1, 0.15) is 0 Å². The summed E-state index contributed by atoms with van der Waals surface area (Å²) in [4.78, 5) is 18.6. The van der Waals surface area contributed by atoms with E-state index in [-0.39, 0.29) is 11.8 Å². The van der Waals surface area contributed by atoms with Crippen molar-refractivity contribution in [3.05, 3.63) is 35.9 Å². The second-order valence-corrected chi connectivity index (χ2v) is 6.97. The van der Waals surface area contributed by atoms with Gasteiger partial charge in [0.25, 0.3) is 10.0 Å². The molecule has 1 heterocycles. The van der Waals surface area contributed by atoms with Crippen LogP contribution in [-0.2, 0) is 10.0 Å². The van der Waals surface area contributed by atoms with Crippen molar-refractivity contribution in [1.82, 2.24) is 14.7 Å². The molecule has 0 aliphatic rings. The molecule has 158 valence electrons. The van der Waals surface area contributed by atoms with Gasteiger partial charge in [0.2, 0.25) is 17.7 Å². The zero-order valence-electron chi connectivity index (χ0n) is 14.9. The predicted octanol–water partition coefficient (Wildman–Crippen LogP) is 1.60. The minimum Gasteiger partial charge on any atom is -0.481 e. The van der Waals surface area contributed by atoms with Gasteiger partial charge in [-0.3, -0.25) is 5.32 Å². The van der Waals surface area contributed by atoms with Crippen LogP contribution >= 0.6 is 0 Å². The van der Waals surface area contributed by atoms with Gasteiger partial charge in [-0.1, -0.05) is 18.2 Å². The fourth-order valence-corrected chi connectivity index (χ4v) is 3.25. The zero-order valence-corrected chi connectivity index (χ0v) is 15.7. The average Bonchev–Trinajstić information content (AvgIpc) is 2.65. The van der Waals surface area contributed by atoms with Gasteiger partial charge < -0.3 is 14.6 Å². The van der Waals surface area contributed by atoms with Crippen molar-refractivity contribution in [2.75, 3.05) is 19.5 Å². The Morgan fingerprint density at radius 1 is 1.14 bits per heavy atom. The highest BCUT2D eigenvalue weighted by atomic mass is 32.2. The largest absolute Gasteiger partial charge is 0.481 e. The third kappa shape index (κ3) is 5.45. The Morgan fingerprint density at radius 3 is 2.21 bits per heavy atom. The van der Waals surface area contributed by atoms with Crippen molar-refractivity contribution in [1.29, 1.82) is 0 Å². The average molecular weight is 436 g/mol. The van der Waals surface area contributed by atoms with Gasteiger partial charge in [0.15, 0.2) is 6.10 Å². The van der Waals surface area contributed by atoms with Gasteiger partial charge in [0, 0.05) is 5.56 Å². The fraction of sp³-hybridized carbons (Fsp3) is 0.267. The Labute approximate surface area is 162 Å². The molecule has 0 spiro atoms. The maximum absolute atomic E-state index is 12.8. The van der Waals surface area contributed by atoms with E-state index in [2.05, 4.69) is 9.97 Å². The van der Waals surface area contributed by atoms with Crippen LogP contribution in [0.4, 0.5) is 23.9 Å². The number of carbonyl (C=O) groups excluding carboxylic acids is 1. The summed E-state index contributed by atoms with van der Waals surface area (Å²) < 4.78 is 74.5. The number of aliphatic hydroxyl groups is 1. The zero-order chi connectivity index (χ0) is 21.8. The topological polar surface area (TPSA) is 140 Å². The Bertz CT molecular complexity index is 978. The maximum Gasteiger partial charge on any atom is 0.418 e. The second-order valence-electron chi connectivity index (χ2n) is 5.32. The Hall–Kier alpha value is -3.13. The maximum atomic E-state index is 12.8. The molecule has 2 rings (SSSR count). The van der Waals surface area contributed by atoms with E-state index in [4.69, 9.17) is 9.47 Å². The molecule has 0 aliphatic carbocycles. The Kier molecular flexibility index (Phi) is 6.48. The van der Waals surface area contributed by atoms with Crippen LogP contribution in [0.5, 0.6) is 11.8 Å². The van der Waals surface area contributed by atoms with Gasteiger partial charge in [0.05, 0.1) is 25.2 Å². The molecular weight excluding hydrogens is 421 g/mol. The van der Waals surface area contributed by atoms with Gasteiger partial charge in [-0.2, -0.15) is 23.1 Å². The molecule has 3 N–H and O–H groups in total. The summed E-state index contributed by atoms with van der Waals surface area (Å²) in [6.07, 6.45) is -8.18. The molecule has 2 aromatic rings. The number of aromatic nitrogens is 2. The summed E-state index contributed by atoms with van der Waals surface area (Å²) in [5, 5.41) is 11.4. The number of nitrogens with one attached hydrogen (secondary N) is 2. The van der Waals surface area contributed by atoms with E-state index in [0.717, 1.165) is 24.3 Å². The number of sulfonamides is 1. The number of benzene rings is 1. The first-order valence-corrected chi connectivity index (χ1v) is 9.11. The van der Waals surface area contributed by atoms with Crippen molar-refractivity contribution >= 4 is 22.0 Å². The minimum atomic E-state index is -5.11. The van der Waals surface area contributed by atoms with Crippen LogP contribution in [0.1, 0.15) is 11.7 Å². The molecule has 0 saturated carbocycles. The van der Waals surface area contributed by atoms with Gasteiger partial charge in [-0.25, -0.2) is 17.9 Å². The highest BCUT2D eigenvalue weighted by Gasteiger charge is 2.42. The SMILES string of the molecule is COc1cc(OC)nc(NC(=O)NS(=O)(=O)c2ccccc2C(O)C(F)(F)F)n1. The molecule has 1 atom stereocenters. The molecule has 1 aromatic carbocycles. The summed E-state index contributed by atoms with van der Waals surface area (Å²) >= 11 is 0. The quantitative estimate of drug-likeness (QED) is 0.620. The summed E-state index contributed by atoms with van der Waals surface area (Å²) in [6, 6.07) is 3.76. The molecule has 0 radical (unpaired) electrons. The highest BCUT2D eigenvalue weighted by Crippen LogP contribution is 2.35. The van der Waals surface area contributed by atoms with E-state index >= 15 is 0 Å². The van der Waals surface area contributed by atoms with Crippen molar-refractivity contribution in [3.8, 4) is 11.8 Å². The second kappa shape index (κ2) is 8.48. The smallest absolute Gasteiger partial charge is 0.418 e. The summed E-state index contributed by atoms with van der Waals surface area (Å²) in [5.74, 6) is -0.403. The predicted molar refractivity (Wildman–Crippen MR) is 91.9 cm³/mol. The van der Waals surface area contributed by atoms with Crippen LogP contribution in [-0.4, -0.2) is 49.9 Å². The summed E-state index contributed by atoms with van der Waals surface area (Å²) in [6.45, 7) is 0. The fourth-order valence-electron chi connectivity index (χ4n) is 2.10. The number of aliphatic hydroxyl groups excluding tert-OH is 1. The lowest BCUT2D eigenvalue weighted by Crippen LogP contribution is -2.36. The number of urea groups is 1. The van der Waals surface area contributed by atoms with Crippen LogP contribution in [0.2, 0.25) is 0 Å². The molecule has 0 bridgehead atoms. The van der Waals surface area contributed by atoms with Crippen molar-refractivity contribution in [3.63, 3.8) is 0 Å². The Morgan fingerprint density at radius 2 is 1.69 bits per heavy atom. The van der Waals surface area contributed by atoms with Crippen molar-refractivity contribution in [2.45, 2.75) is 17.2 Å². The van der Waals surface area contributed by atoms with Crippen LogP contribution in [0.25, 0.3) is 0 Å². The van der Waals surface area contributed by atoms with Crippen LogP contribution in [0, 0.1) is 0 Å². The van der Waals surface area contributed by atoms with E-state index in [0.29, 0.717) is 0 Å². The molecule has 29 heavy (non-hydrogen) atoms. The van der Waals surface area contributed by atoms with Gasteiger partial charge >= 0.3 is 12.2 Å². The van der Waals surface area contributed by atoms with Gasteiger partial charge in [-0.05, 0) is 6.07 Å². The number of halogens is 3. The van der Waals surface area contributed by atoms with E-state index in [9.17, 15) is 31.5 Å². The molecule has 14 heteroatoms. The first-order valence-electron chi connectivity index (χ1n) is 7.62. The Balaban J connectivity index is 2.28. The van der Waals surface area contributed by atoms with E-state index in [1.165, 1.54) is 25.0 Å². The third-order valence-corrected chi connectivity index (χ3v) is 4.77. The number of hydrogen-bond acceptors (Lipinski definition) is 8. The summed E-state index contributed by atoms with van der Waals surface area (Å²) in [7, 11) is -2.23. The van der Waals surface area contributed by atoms with Gasteiger partial charge in [-0.15, -0.1) is 0 Å². The molecule has 1 unspecified atom stereocenters. The monoisotopic (exact) mass is 436 g/mol. The number of amides is 2. The normalized spacial score (nSPS) is 12.8. The number of methoxy groups -OCH3 is 2. The van der Waals surface area contributed by atoms with Crippen LogP contribution in [0.3, 0.4) is 0 Å². The van der Waals surface area contributed by atoms with Crippen LogP contribution in [0.15, 0.2) is 35.2 Å². The lowest BCUT2D eigenvalue weighted by atomic mass is 10.1.